The number of halogens is 3. The van der Waals surface area contributed by atoms with Crippen LogP contribution in [0.1, 0.15) is 144 Å². The molecule has 2 heterocycles. The molecule has 2 aromatic heterocycles. The fraction of sp³-hybridized carbons (Fsp3) is 0.309. The minimum absolute atomic E-state index is 0.00528. The van der Waals surface area contributed by atoms with Crippen LogP contribution in [0.15, 0.2) is 136 Å². The van der Waals surface area contributed by atoms with Crippen molar-refractivity contribution in [2.75, 3.05) is 39.2 Å². The van der Waals surface area contributed by atoms with Crippen LogP contribution in [0.5, 0.6) is 0 Å². The summed E-state index contributed by atoms with van der Waals surface area (Å²) < 4.78 is 96.0. The zero-order valence-electron chi connectivity index (χ0n) is 54.4. The molecule has 0 aliphatic carbocycles. The molecular formula is C68H77F3N14O6S2. The topological polar surface area (TPSA) is 304 Å². The number of amides is 2. The van der Waals surface area contributed by atoms with Gasteiger partial charge in [0.05, 0.1) is 57.7 Å². The molecule has 8 rings (SSSR count). The van der Waals surface area contributed by atoms with Gasteiger partial charge in [0, 0.05) is 59.7 Å². The van der Waals surface area contributed by atoms with Crippen molar-refractivity contribution in [3.63, 3.8) is 0 Å². The predicted octanol–water partition coefficient (Wildman–Crippen LogP) is 13.5. The lowest BCUT2D eigenvalue weighted by Crippen LogP contribution is -2.35. The van der Waals surface area contributed by atoms with Gasteiger partial charge in [0.2, 0.25) is 6.08 Å². The Morgan fingerprint density at radius 3 is 1.37 bits per heavy atom. The van der Waals surface area contributed by atoms with Crippen molar-refractivity contribution in [1.29, 1.82) is 15.8 Å². The molecule has 0 fully saturated rings. The highest BCUT2D eigenvalue weighted by Gasteiger charge is 2.27. The number of benzene rings is 6. The first-order valence-corrected chi connectivity index (χ1v) is 32.3. The lowest BCUT2D eigenvalue weighted by atomic mass is 9.93. The standard InChI is InChI=1S/C26H31FN6O3S.C17H13FN2O.C16H15FN2.C9H18N4O2S/c1-16(2)22-11-20(27)12-23(19-9-7-8-18(10-19)14-28)25(22)29-26(34)31-37(35,36)24-13-21(15-32(5)6)33(30-24)17(3)4;1-11(2)15-7-14(18)8-16(17(15)20-10-21)13-5-3-4-12(6-13)9-19;1-10(2)14-7-13(17)8-15(16(14)19)12-5-3-4-11(6-12)9-18;1-7(2)13-8(6-12(3)4)5-9(11-13)16(10,14)15/h7-13,16-17H,15H2,1-6H3,(H2,29,31,34);3-8,11H,1-2H3;3-8,10H,19H2,1-2H3;5,7H,6H2,1-4H3,(H2,10,14,15). The molecule has 0 aliphatic heterocycles. The van der Waals surface area contributed by atoms with Crippen LogP contribution in [-0.4, -0.2) is 86.5 Å². The largest absolute Gasteiger partial charge is 0.398 e. The molecule has 8 aromatic rings. The molecule has 0 saturated carbocycles. The third kappa shape index (κ3) is 20.1. The number of aromatic nitrogens is 4. The van der Waals surface area contributed by atoms with Crippen molar-refractivity contribution in [2.45, 2.75) is 122 Å². The van der Waals surface area contributed by atoms with Crippen molar-refractivity contribution in [2.24, 2.45) is 10.1 Å². The van der Waals surface area contributed by atoms with Crippen LogP contribution in [0.4, 0.5) is 35.0 Å². The fourth-order valence-corrected chi connectivity index (χ4v) is 11.1. The number of carbonyl (C=O) groups excluding carboxylic acids is 2. The van der Waals surface area contributed by atoms with E-state index in [4.69, 9.17) is 21.4 Å². The lowest BCUT2D eigenvalue weighted by Gasteiger charge is -2.19. The van der Waals surface area contributed by atoms with Gasteiger partial charge in [-0.05, 0) is 180 Å². The Balaban J connectivity index is 0.000000239. The second-order valence-corrected chi connectivity index (χ2v) is 26.8. The van der Waals surface area contributed by atoms with Gasteiger partial charge < -0.3 is 20.9 Å². The number of nitriles is 3. The van der Waals surface area contributed by atoms with Crippen LogP contribution < -0.4 is 20.9 Å². The van der Waals surface area contributed by atoms with Gasteiger partial charge in [-0.2, -0.15) is 39.4 Å². The van der Waals surface area contributed by atoms with Crippen LogP contribution in [-0.2, 0) is 37.9 Å². The SMILES string of the molecule is CC(C)c1cc(F)cc(-c2cccc(C#N)c2)c1N.CC(C)c1cc(F)cc(-c2cccc(C#N)c2)c1N=C=O.CC(C)c1cc(F)cc(-c2cccc(C#N)c2)c1NC(=O)NS(=O)(=O)c1cc(CN(C)C)n(C(C)C)n1.CC(C)n1nc(S(N)(=O)=O)cc1CN(C)C. The first-order valence-electron chi connectivity index (χ1n) is 29.3. The molecule has 2 amide bonds. The van der Waals surface area contributed by atoms with Crippen LogP contribution in [0.25, 0.3) is 33.4 Å². The number of primary sulfonamides is 1. The summed E-state index contributed by atoms with van der Waals surface area (Å²) in [4.78, 5) is 31.3. The van der Waals surface area contributed by atoms with E-state index in [1.807, 2.05) is 130 Å². The number of carbonyl (C=O) groups is 1. The Kier molecular flexibility index (Phi) is 25.8. The molecule has 0 bridgehead atoms. The number of rotatable bonds is 17. The Labute approximate surface area is 542 Å². The van der Waals surface area contributed by atoms with E-state index in [0.29, 0.717) is 85.8 Å². The Morgan fingerprint density at radius 1 is 0.570 bits per heavy atom. The second kappa shape index (κ2) is 32.5. The van der Waals surface area contributed by atoms with Crippen LogP contribution >= 0.6 is 0 Å². The van der Waals surface area contributed by atoms with E-state index >= 15 is 0 Å². The van der Waals surface area contributed by atoms with Gasteiger partial charge in [-0.1, -0.05) is 77.9 Å². The van der Waals surface area contributed by atoms with Crippen molar-refractivity contribution in [3.8, 4) is 51.6 Å². The van der Waals surface area contributed by atoms with Gasteiger partial charge in [-0.15, -0.1) is 0 Å². The normalized spacial score (nSPS) is 11.2. The number of anilines is 2. The number of sulfonamides is 2. The van der Waals surface area contributed by atoms with Gasteiger partial charge in [0.15, 0.2) is 10.1 Å². The number of hydrogen-bond acceptors (Lipinski definition) is 15. The van der Waals surface area contributed by atoms with Crippen LogP contribution in [0, 0.1) is 51.4 Å². The molecule has 0 spiro atoms. The summed E-state index contributed by atoms with van der Waals surface area (Å²) in [6.07, 6.45) is 1.53. The van der Waals surface area contributed by atoms with E-state index in [1.165, 1.54) is 54.6 Å². The molecule has 0 saturated heterocycles. The summed E-state index contributed by atoms with van der Waals surface area (Å²) in [6.45, 7) is 20.1. The average molecular weight is 1310 g/mol. The van der Waals surface area contributed by atoms with E-state index in [-0.39, 0.29) is 51.4 Å². The van der Waals surface area contributed by atoms with Crippen molar-refractivity contribution >= 4 is 49.2 Å². The number of nitrogens with zero attached hydrogens (tertiary/aromatic N) is 10. The first-order chi connectivity index (χ1) is 43.6. The van der Waals surface area contributed by atoms with Crippen molar-refractivity contribution in [3.05, 3.63) is 184 Å². The second-order valence-electron chi connectivity index (χ2n) is 23.6. The smallest absolute Gasteiger partial charge is 0.333 e. The molecule has 6 aromatic carbocycles. The molecule has 0 atom stereocenters. The number of aliphatic imine (C=N–C) groups is 1. The van der Waals surface area contributed by atoms with Crippen LogP contribution in [0.3, 0.4) is 0 Å². The molecule has 20 nitrogen and oxygen atoms in total. The molecule has 0 radical (unpaired) electrons. The van der Waals surface area contributed by atoms with Gasteiger partial charge in [-0.3, -0.25) is 9.36 Å². The maximum atomic E-state index is 14.6. The van der Waals surface area contributed by atoms with Gasteiger partial charge in [0.25, 0.3) is 20.0 Å². The maximum Gasteiger partial charge on any atom is 0.333 e. The maximum absolute atomic E-state index is 14.6. The Bertz CT molecular complexity index is 4420. The number of isocyanates is 1. The highest BCUT2D eigenvalue weighted by molar-refractivity contribution is 7.90. The predicted molar refractivity (Wildman–Crippen MR) is 355 cm³/mol. The first kappa shape index (κ1) is 74.0. The Morgan fingerprint density at radius 2 is 0.957 bits per heavy atom. The quantitative estimate of drug-likeness (QED) is 0.0374. The zero-order chi connectivity index (χ0) is 69.4. The summed E-state index contributed by atoms with van der Waals surface area (Å²) in [7, 11) is -0.497. The minimum Gasteiger partial charge on any atom is -0.398 e. The van der Waals surface area contributed by atoms with Gasteiger partial charge >= 0.3 is 6.03 Å². The van der Waals surface area contributed by atoms with Crippen molar-refractivity contribution in [1.82, 2.24) is 34.1 Å². The van der Waals surface area contributed by atoms with E-state index in [1.54, 1.807) is 76.1 Å². The molecule has 6 N–H and O–H groups in total. The summed E-state index contributed by atoms with van der Waals surface area (Å²) in [5, 5.41) is 42.7. The third-order valence-electron chi connectivity index (χ3n) is 13.9. The number of nitrogens with one attached hydrogen (secondary N) is 2. The number of nitrogen functional groups attached to an aromatic ring is 1. The highest BCUT2D eigenvalue weighted by atomic mass is 32.2. The molecule has 0 unspecified atom stereocenters. The van der Waals surface area contributed by atoms with Gasteiger partial charge in [0.1, 0.15) is 17.5 Å². The van der Waals surface area contributed by atoms with E-state index < -0.39 is 37.7 Å². The molecule has 488 valence electrons. The third-order valence-corrected chi connectivity index (χ3v) is 15.9. The van der Waals surface area contributed by atoms with E-state index in [9.17, 15) is 44.9 Å². The number of urea groups is 1. The molecule has 25 heteroatoms. The summed E-state index contributed by atoms with van der Waals surface area (Å²) >= 11 is 0. The monoisotopic (exact) mass is 1310 g/mol. The summed E-state index contributed by atoms with van der Waals surface area (Å²) in [5.74, 6) is -1.28. The minimum atomic E-state index is -4.31. The summed E-state index contributed by atoms with van der Waals surface area (Å²) in [5.41, 5.74) is 15.5. The van der Waals surface area contributed by atoms with Crippen LogP contribution in [0.2, 0.25) is 0 Å². The molecule has 0 aliphatic rings. The lowest BCUT2D eigenvalue weighted by molar-refractivity contribution is 0.256. The number of nitrogens with two attached hydrogens (primary N) is 2. The fourth-order valence-electron chi connectivity index (χ4n) is 9.70. The van der Waals surface area contributed by atoms with E-state index in [0.717, 1.165) is 16.8 Å². The average Bonchev–Trinajstić information content (AvgIpc) is 1.16. The number of hydrogen-bond donors (Lipinski definition) is 4. The highest BCUT2D eigenvalue weighted by Crippen LogP contribution is 2.40. The van der Waals surface area contributed by atoms with Gasteiger partial charge in [-0.25, -0.2) is 41.0 Å². The van der Waals surface area contributed by atoms with Crippen molar-refractivity contribution < 1.29 is 39.6 Å². The Hall–Kier alpha value is -9.77. The van der Waals surface area contributed by atoms with E-state index in [2.05, 4.69) is 26.6 Å². The zero-order valence-corrected chi connectivity index (χ0v) is 56.0. The molecular weight excluding hydrogens is 1230 g/mol. The summed E-state index contributed by atoms with van der Waals surface area (Å²) in [6, 6.07) is 36.5. The molecule has 93 heavy (non-hydrogen) atoms.